The van der Waals surface area contributed by atoms with Gasteiger partial charge in [-0.15, -0.1) is 0 Å². The molecule has 0 N–H and O–H groups in total. The van der Waals surface area contributed by atoms with Crippen LogP contribution in [-0.4, -0.2) is 15.0 Å². The van der Waals surface area contributed by atoms with Crippen LogP contribution in [0.15, 0.2) is 212 Å². The maximum Gasteiger partial charge on any atom is 0.164 e. The van der Waals surface area contributed by atoms with Crippen molar-refractivity contribution in [3.05, 3.63) is 235 Å². The lowest BCUT2D eigenvalue weighted by Gasteiger charge is -2.32. The van der Waals surface area contributed by atoms with Crippen LogP contribution in [0.1, 0.15) is 22.3 Å². The van der Waals surface area contributed by atoms with Gasteiger partial charge in [0.25, 0.3) is 0 Å². The van der Waals surface area contributed by atoms with E-state index in [2.05, 4.69) is 188 Å². The van der Waals surface area contributed by atoms with Crippen LogP contribution in [0.2, 0.25) is 0 Å². The van der Waals surface area contributed by atoms with Crippen LogP contribution < -0.4 is 0 Å². The Kier molecular flexibility index (Phi) is 7.45. The minimum atomic E-state index is -0.463. The summed E-state index contributed by atoms with van der Waals surface area (Å²) in [5.41, 5.74) is 17.5. The Hall–Kier alpha value is -7.75. The molecule has 10 aromatic rings. The molecular weight excluding hydrogens is 715 g/mol. The Bertz CT molecular complexity index is 3210. The number of fused-ring (bicyclic) bond motifs is 11. The van der Waals surface area contributed by atoms with Crippen molar-refractivity contribution in [1.29, 1.82) is 0 Å². The average Bonchev–Trinajstić information content (AvgIpc) is 3.79. The summed E-state index contributed by atoms with van der Waals surface area (Å²) in [6.07, 6.45) is 0. The SMILES string of the molecule is c1ccc(-c2nc(-c3ccccc3-c3ccccc3)nc(-c3ccc(-c4cccc5c4C4(c6ccccc6-c6ccccc64)c4ccccc4-5)c4ccccc34)n2)cc1. The third-order valence-corrected chi connectivity index (χ3v) is 12.4. The molecule has 0 bridgehead atoms. The van der Waals surface area contributed by atoms with Gasteiger partial charge in [0.15, 0.2) is 17.5 Å². The summed E-state index contributed by atoms with van der Waals surface area (Å²) in [5, 5.41) is 2.24. The van der Waals surface area contributed by atoms with E-state index in [1.807, 2.05) is 24.3 Å². The minimum absolute atomic E-state index is 0.463. The minimum Gasteiger partial charge on any atom is -0.208 e. The summed E-state index contributed by atoms with van der Waals surface area (Å²) in [6, 6.07) is 76.2. The zero-order valence-electron chi connectivity index (χ0n) is 32.0. The summed E-state index contributed by atoms with van der Waals surface area (Å²) < 4.78 is 0. The number of hydrogen-bond acceptors (Lipinski definition) is 3. The molecule has 0 atom stereocenters. The lowest BCUT2D eigenvalue weighted by Crippen LogP contribution is -2.26. The monoisotopic (exact) mass is 749 g/mol. The molecule has 1 spiro atoms. The van der Waals surface area contributed by atoms with Gasteiger partial charge in [-0.25, -0.2) is 15.0 Å². The van der Waals surface area contributed by atoms with Crippen molar-refractivity contribution >= 4 is 10.8 Å². The number of hydrogen-bond donors (Lipinski definition) is 0. The molecule has 0 aliphatic heterocycles. The van der Waals surface area contributed by atoms with Crippen LogP contribution >= 0.6 is 0 Å². The first kappa shape index (κ1) is 33.4. The first-order chi connectivity index (χ1) is 29.3. The van der Waals surface area contributed by atoms with Gasteiger partial charge in [0.05, 0.1) is 5.41 Å². The van der Waals surface area contributed by atoms with Crippen LogP contribution in [0, 0.1) is 0 Å². The molecule has 9 aromatic carbocycles. The molecule has 2 aliphatic rings. The highest BCUT2D eigenvalue weighted by atomic mass is 15.0. The first-order valence-electron chi connectivity index (χ1n) is 20.2. The van der Waals surface area contributed by atoms with Gasteiger partial charge >= 0.3 is 0 Å². The van der Waals surface area contributed by atoms with E-state index >= 15 is 0 Å². The van der Waals surface area contributed by atoms with Gasteiger partial charge in [-0.2, -0.15) is 0 Å². The molecule has 0 saturated heterocycles. The predicted octanol–water partition coefficient (Wildman–Crippen LogP) is 13.7. The van der Waals surface area contributed by atoms with Gasteiger partial charge in [-0.3, -0.25) is 0 Å². The summed E-state index contributed by atoms with van der Waals surface area (Å²) in [6.45, 7) is 0. The summed E-state index contributed by atoms with van der Waals surface area (Å²) in [5.74, 6) is 1.92. The van der Waals surface area contributed by atoms with Gasteiger partial charge < -0.3 is 0 Å². The molecule has 1 heterocycles. The van der Waals surface area contributed by atoms with E-state index in [1.54, 1.807) is 0 Å². The van der Waals surface area contributed by atoms with Crippen LogP contribution in [0.5, 0.6) is 0 Å². The highest BCUT2D eigenvalue weighted by Gasteiger charge is 2.52. The van der Waals surface area contributed by atoms with Gasteiger partial charge in [0.2, 0.25) is 0 Å². The molecule has 59 heavy (non-hydrogen) atoms. The van der Waals surface area contributed by atoms with Crippen molar-refractivity contribution in [1.82, 2.24) is 15.0 Å². The Labute approximate surface area is 343 Å². The normalized spacial score (nSPS) is 12.9. The zero-order valence-corrected chi connectivity index (χ0v) is 32.0. The third kappa shape index (κ3) is 4.92. The molecule has 1 aromatic heterocycles. The zero-order chi connectivity index (χ0) is 38.9. The smallest absolute Gasteiger partial charge is 0.164 e. The second-order valence-electron chi connectivity index (χ2n) is 15.4. The Balaban J connectivity index is 1.10. The lowest BCUT2D eigenvalue weighted by atomic mass is 9.68. The highest BCUT2D eigenvalue weighted by molar-refractivity contribution is 6.07. The standard InChI is InChI=1S/C56H35N3/c1-3-18-36(19-4-1)38-22-7-10-28-47(38)54-57-53(37-20-5-2-6-21-37)58-55(59-54)48-35-34-41(39-23-8-9-24-40(39)48)45-29-17-30-46-44-27-13-16-33-51(44)56(52(45)46)49-31-14-11-25-42(49)43-26-12-15-32-50(43)56/h1-35H. The average molecular weight is 750 g/mol. The highest BCUT2D eigenvalue weighted by Crippen LogP contribution is 2.64. The second-order valence-corrected chi connectivity index (χ2v) is 15.4. The van der Waals surface area contributed by atoms with Gasteiger partial charge in [-0.1, -0.05) is 206 Å². The van der Waals surface area contributed by atoms with Crippen molar-refractivity contribution in [3.63, 3.8) is 0 Å². The quantitative estimate of drug-likeness (QED) is 0.176. The second kappa shape index (κ2) is 13.2. The Morgan fingerprint density at radius 2 is 0.627 bits per heavy atom. The van der Waals surface area contributed by atoms with Gasteiger partial charge in [0, 0.05) is 16.7 Å². The fourth-order valence-corrected chi connectivity index (χ4v) is 9.99. The van der Waals surface area contributed by atoms with Crippen LogP contribution in [0.4, 0.5) is 0 Å². The predicted molar refractivity (Wildman–Crippen MR) is 241 cm³/mol. The largest absolute Gasteiger partial charge is 0.208 e. The number of rotatable bonds is 5. The molecule has 0 radical (unpaired) electrons. The van der Waals surface area contributed by atoms with Crippen molar-refractivity contribution in [2.24, 2.45) is 0 Å². The van der Waals surface area contributed by atoms with Crippen LogP contribution in [0.3, 0.4) is 0 Å². The van der Waals surface area contributed by atoms with E-state index in [1.165, 1.54) is 55.6 Å². The summed E-state index contributed by atoms with van der Waals surface area (Å²) in [7, 11) is 0. The van der Waals surface area contributed by atoms with Crippen LogP contribution in [0.25, 0.3) is 89.4 Å². The van der Waals surface area contributed by atoms with E-state index in [0.717, 1.165) is 38.6 Å². The first-order valence-corrected chi connectivity index (χ1v) is 20.2. The molecule has 2 aliphatic carbocycles. The fraction of sp³-hybridized carbons (Fsp3) is 0.0179. The maximum atomic E-state index is 5.31. The summed E-state index contributed by atoms with van der Waals surface area (Å²) in [4.78, 5) is 15.7. The number of nitrogens with zero attached hydrogens (tertiary/aromatic N) is 3. The molecule has 274 valence electrons. The van der Waals surface area contributed by atoms with E-state index in [4.69, 9.17) is 15.0 Å². The van der Waals surface area contributed by atoms with Crippen LogP contribution in [-0.2, 0) is 5.41 Å². The fourth-order valence-electron chi connectivity index (χ4n) is 9.99. The summed E-state index contributed by atoms with van der Waals surface area (Å²) >= 11 is 0. The van der Waals surface area contributed by atoms with E-state index in [0.29, 0.717) is 17.5 Å². The molecule has 3 nitrogen and oxygen atoms in total. The Morgan fingerprint density at radius 3 is 1.24 bits per heavy atom. The molecule has 0 fully saturated rings. The maximum absolute atomic E-state index is 5.31. The van der Waals surface area contributed by atoms with Crippen molar-refractivity contribution in [2.75, 3.05) is 0 Å². The number of aromatic nitrogens is 3. The van der Waals surface area contributed by atoms with Gasteiger partial charge in [-0.05, 0) is 83.6 Å². The topological polar surface area (TPSA) is 38.7 Å². The van der Waals surface area contributed by atoms with Crippen molar-refractivity contribution < 1.29 is 0 Å². The molecule has 12 rings (SSSR count). The molecule has 3 heteroatoms. The van der Waals surface area contributed by atoms with Gasteiger partial charge in [0.1, 0.15) is 0 Å². The van der Waals surface area contributed by atoms with Crippen molar-refractivity contribution in [3.8, 4) is 78.7 Å². The molecule has 0 unspecified atom stereocenters. The Morgan fingerprint density at radius 1 is 0.237 bits per heavy atom. The van der Waals surface area contributed by atoms with E-state index in [9.17, 15) is 0 Å². The number of benzene rings is 9. The van der Waals surface area contributed by atoms with E-state index < -0.39 is 5.41 Å². The van der Waals surface area contributed by atoms with Crippen molar-refractivity contribution in [2.45, 2.75) is 5.41 Å². The van der Waals surface area contributed by atoms with E-state index in [-0.39, 0.29) is 0 Å². The lowest BCUT2D eigenvalue weighted by molar-refractivity contribution is 0.796. The molecule has 0 saturated carbocycles. The molecular formula is C56H35N3. The molecule has 0 amide bonds. The third-order valence-electron chi connectivity index (χ3n) is 12.4.